The van der Waals surface area contributed by atoms with Crippen molar-refractivity contribution >= 4 is 5.97 Å². The first-order chi connectivity index (χ1) is 7.89. The SMILES string of the molecule is CC(C)(C)n1cc(C(=O)O)c(-c2ccco2)n1. The summed E-state index contributed by atoms with van der Waals surface area (Å²) in [6.45, 7) is 5.87. The van der Waals surface area contributed by atoms with E-state index in [1.54, 1.807) is 16.8 Å². The molecule has 0 aromatic carbocycles. The molecular formula is C12H14N2O3. The molecule has 0 amide bonds. The summed E-state index contributed by atoms with van der Waals surface area (Å²) in [5.41, 5.74) is 0.238. The molecular weight excluding hydrogens is 220 g/mol. The Morgan fingerprint density at radius 2 is 2.18 bits per heavy atom. The van der Waals surface area contributed by atoms with Gasteiger partial charge in [0, 0.05) is 6.20 Å². The predicted molar refractivity (Wildman–Crippen MR) is 61.9 cm³/mol. The summed E-state index contributed by atoms with van der Waals surface area (Å²) >= 11 is 0. The summed E-state index contributed by atoms with van der Waals surface area (Å²) in [5, 5.41) is 13.4. The van der Waals surface area contributed by atoms with Crippen molar-refractivity contribution in [3.8, 4) is 11.5 Å². The van der Waals surface area contributed by atoms with Crippen LogP contribution in [0.15, 0.2) is 29.0 Å². The number of hydrogen-bond acceptors (Lipinski definition) is 3. The van der Waals surface area contributed by atoms with Crippen molar-refractivity contribution in [1.82, 2.24) is 9.78 Å². The van der Waals surface area contributed by atoms with E-state index in [-0.39, 0.29) is 11.1 Å². The molecule has 0 aliphatic heterocycles. The average molecular weight is 234 g/mol. The molecule has 0 unspecified atom stereocenters. The summed E-state index contributed by atoms with van der Waals surface area (Å²) < 4.78 is 6.83. The fourth-order valence-electron chi connectivity index (χ4n) is 1.47. The first-order valence-electron chi connectivity index (χ1n) is 5.27. The fourth-order valence-corrected chi connectivity index (χ4v) is 1.47. The average Bonchev–Trinajstić information content (AvgIpc) is 2.85. The van der Waals surface area contributed by atoms with Crippen molar-refractivity contribution in [2.45, 2.75) is 26.3 Å². The molecule has 1 N–H and O–H groups in total. The summed E-state index contributed by atoms with van der Waals surface area (Å²) in [4.78, 5) is 11.2. The lowest BCUT2D eigenvalue weighted by Gasteiger charge is -2.18. The van der Waals surface area contributed by atoms with E-state index in [1.165, 1.54) is 12.5 Å². The van der Waals surface area contributed by atoms with Crippen molar-refractivity contribution in [3.63, 3.8) is 0 Å². The van der Waals surface area contributed by atoms with Crippen LogP contribution >= 0.6 is 0 Å². The monoisotopic (exact) mass is 234 g/mol. The second-order valence-corrected chi connectivity index (χ2v) is 4.79. The van der Waals surface area contributed by atoms with E-state index in [0.717, 1.165) is 0 Å². The van der Waals surface area contributed by atoms with E-state index in [1.807, 2.05) is 20.8 Å². The zero-order valence-electron chi connectivity index (χ0n) is 9.97. The third-order valence-electron chi connectivity index (χ3n) is 2.39. The standard InChI is InChI=1S/C12H14N2O3/c1-12(2,3)14-7-8(11(15)16)10(13-14)9-5-4-6-17-9/h4-7H,1-3H3,(H,15,16). The highest BCUT2D eigenvalue weighted by Gasteiger charge is 2.23. The minimum atomic E-state index is -1.01. The van der Waals surface area contributed by atoms with Crippen molar-refractivity contribution in [1.29, 1.82) is 0 Å². The molecule has 5 nitrogen and oxygen atoms in total. The number of hydrogen-bond donors (Lipinski definition) is 1. The number of aromatic carboxylic acids is 1. The summed E-state index contributed by atoms with van der Waals surface area (Å²) in [7, 11) is 0. The molecule has 0 aliphatic carbocycles. The molecule has 5 heteroatoms. The third-order valence-corrected chi connectivity index (χ3v) is 2.39. The summed E-state index contributed by atoms with van der Waals surface area (Å²) in [6.07, 6.45) is 3.03. The van der Waals surface area contributed by atoms with Crippen molar-refractivity contribution < 1.29 is 14.3 Å². The highest BCUT2D eigenvalue weighted by atomic mass is 16.4. The zero-order chi connectivity index (χ0) is 12.6. The molecule has 17 heavy (non-hydrogen) atoms. The molecule has 2 rings (SSSR count). The lowest BCUT2D eigenvalue weighted by atomic mass is 10.1. The second kappa shape index (κ2) is 3.76. The van der Waals surface area contributed by atoms with E-state index < -0.39 is 5.97 Å². The van der Waals surface area contributed by atoms with Gasteiger partial charge in [0.15, 0.2) is 5.76 Å². The normalized spacial score (nSPS) is 11.7. The van der Waals surface area contributed by atoms with Gasteiger partial charge in [0.1, 0.15) is 11.3 Å². The first kappa shape index (κ1) is 11.4. The van der Waals surface area contributed by atoms with Gasteiger partial charge in [-0.15, -0.1) is 0 Å². The Morgan fingerprint density at radius 3 is 2.65 bits per heavy atom. The Morgan fingerprint density at radius 1 is 1.47 bits per heavy atom. The highest BCUT2D eigenvalue weighted by Crippen LogP contribution is 2.25. The predicted octanol–water partition coefficient (Wildman–Crippen LogP) is 2.60. The molecule has 2 aromatic rings. The van der Waals surface area contributed by atoms with Gasteiger partial charge in [0.2, 0.25) is 0 Å². The molecule has 0 spiro atoms. The molecule has 2 heterocycles. The fraction of sp³-hybridized carbons (Fsp3) is 0.333. The number of carbonyl (C=O) groups is 1. The van der Waals surface area contributed by atoms with Crippen molar-refractivity contribution in [3.05, 3.63) is 30.2 Å². The van der Waals surface area contributed by atoms with Crippen LogP contribution in [-0.2, 0) is 5.54 Å². The van der Waals surface area contributed by atoms with Crippen molar-refractivity contribution in [2.75, 3.05) is 0 Å². The van der Waals surface area contributed by atoms with Crippen LogP contribution in [0.3, 0.4) is 0 Å². The van der Waals surface area contributed by atoms with Gasteiger partial charge < -0.3 is 9.52 Å². The Balaban J connectivity index is 2.58. The van der Waals surface area contributed by atoms with Crippen LogP contribution in [0.25, 0.3) is 11.5 Å². The molecule has 0 radical (unpaired) electrons. The number of furan rings is 1. The second-order valence-electron chi connectivity index (χ2n) is 4.79. The zero-order valence-corrected chi connectivity index (χ0v) is 9.97. The molecule has 0 bridgehead atoms. The topological polar surface area (TPSA) is 68.3 Å². The minimum Gasteiger partial charge on any atom is -0.478 e. The lowest BCUT2D eigenvalue weighted by molar-refractivity contribution is 0.0697. The molecule has 0 fully saturated rings. The smallest absolute Gasteiger partial charge is 0.339 e. The lowest BCUT2D eigenvalue weighted by Crippen LogP contribution is -2.22. The van der Waals surface area contributed by atoms with Gasteiger partial charge in [-0.2, -0.15) is 5.10 Å². The Hall–Kier alpha value is -2.04. The van der Waals surface area contributed by atoms with E-state index in [0.29, 0.717) is 11.5 Å². The van der Waals surface area contributed by atoms with Gasteiger partial charge >= 0.3 is 5.97 Å². The maximum absolute atomic E-state index is 11.2. The van der Waals surface area contributed by atoms with E-state index in [9.17, 15) is 4.79 Å². The maximum atomic E-state index is 11.2. The number of carboxylic acids is 1. The van der Waals surface area contributed by atoms with E-state index in [4.69, 9.17) is 9.52 Å². The van der Waals surface area contributed by atoms with Crippen LogP contribution in [0.1, 0.15) is 31.1 Å². The summed E-state index contributed by atoms with van der Waals surface area (Å²) in [6, 6.07) is 3.40. The van der Waals surface area contributed by atoms with Crippen LogP contribution in [0.5, 0.6) is 0 Å². The molecule has 0 aliphatic rings. The van der Waals surface area contributed by atoms with Gasteiger partial charge in [-0.05, 0) is 32.9 Å². The molecule has 0 saturated carbocycles. The number of carboxylic acid groups (broad SMARTS) is 1. The first-order valence-corrected chi connectivity index (χ1v) is 5.27. The summed E-state index contributed by atoms with van der Waals surface area (Å²) in [5.74, 6) is -0.544. The van der Waals surface area contributed by atoms with Crippen LogP contribution in [-0.4, -0.2) is 20.9 Å². The van der Waals surface area contributed by atoms with E-state index in [2.05, 4.69) is 5.10 Å². The van der Waals surface area contributed by atoms with Crippen LogP contribution in [0.4, 0.5) is 0 Å². The van der Waals surface area contributed by atoms with Gasteiger partial charge in [-0.3, -0.25) is 4.68 Å². The van der Waals surface area contributed by atoms with Gasteiger partial charge in [-0.1, -0.05) is 0 Å². The molecule has 0 saturated heterocycles. The number of aromatic nitrogens is 2. The molecule has 0 atom stereocenters. The molecule has 2 aromatic heterocycles. The third kappa shape index (κ3) is 2.08. The Kier molecular flexibility index (Phi) is 2.53. The van der Waals surface area contributed by atoms with Crippen LogP contribution in [0.2, 0.25) is 0 Å². The van der Waals surface area contributed by atoms with Crippen LogP contribution < -0.4 is 0 Å². The molecule has 90 valence electrons. The minimum absolute atomic E-state index is 0.148. The van der Waals surface area contributed by atoms with Gasteiger partial charge in [0.25, 0.3) is 0 Å². The number of nitrogens with zero attached hydrogens (tertiary/aromatic N) is 2. The van der Waals surface area contributed by atoms with Gasteiger partial charge in [0.05, 0.1) is 11.8 Å². The van der Waals surface area contributed by atoms with Crippen molar-refractivity contribution in [2.24, 2.45) is 0 Å². The van der Waals surface area contributed by atoms with Crippen LogP contribution in [0, 0.1) is 0 Å². The Bertz CT molecular complexity index is 533. The highest BCUT2D eigenvalue weighted by molar-refractivity contribution is 5.93. The quantitative estimate of drug-likeness (QED) is 0.867. The van der Waals surface area contributed by atoms with Gasteiger partial charge in [-0.25, -0.2) is 4.79 Å². The van der Waals surface area contributed by atoms with E-state index >= 15 is 0 Å². The largest absolute Gasteiger partial charge is 0.478 e. The maximum Gasteiger partial charge on any atom is 0.339 e. The Labute approximate surface area is 98.7 Å². The number of rotatable bonds is 2.